The second-order valence-corrected chi connectivity index (χ2v) is 25.0. The standard InChI is InChI=1S/C33H23BrS.C27H20BO2S.C6H4BrI/c1-33(2)29-15-4-3-10-25(29)26-17-16-21(19-30(26)33)24-12-7-14-28-27-13-6-11-23(31(27)35-32(24)28)20-8-5-9-22(34)18-20;1-27(2)22-11-4-3-7-18(22)19-14-13-16(15-23(19)27)17-8-5-9-20-21-10-6-12-24(30-28-29)26(21)31-25(17)20;7-5-2-1-3-6(8)4-5/h3-19H,1-2H3;3-15,29H,1-2H3;1-4H. The maximum atomic E-state index is 9.16. The summed E-state index contributed by atoms with van der Waals surface area (Å²) in [5.41, 5.74) is 18.6. The average molecular weight is 1230 g/mol. The van der Waals surface area contributed by atoms with E-state index >= 15 is 0 Å². The van der Waals surface area contributed by atoms with Gasteiger partial charge in [-0.05, 0) is 149 Å². The Hall–Kier alpha value is -5.85. The van der Waals surface area contributed by atoms with Crippen molar-refractivity contribution in [3.63, 3.8) is 0 Å². The number of thiophene rings is 2. The van der Waals surface area contributed by atoms with Crippen LogP contribution >= 0.6 is 77.1 Å². The van der Waals surface area contributed by atoms with Crippen molar-refractivity contribution < 1.29 is 9.68 Å². The van der Waals surface area contributed by atoms with E-state index in [1.54, 1.807) is 11.3 Å². The minimum absolute atomic E-state index is 0.00383. The Balaban J connectivity index is 0.000000131. The predicted octanol–water partition coefficient (Wildman–Crippen LogP) is 20.4. The van der Waals surface area contributed by atoms with Gasteiger partial charge in [-0.3, -0.25) is 0 Å². The van der Waals surface area contributed by atoms with Crippen LogP contribution in [-0.2, 0) is 10.8 Å². The highest BCUT2D eigenvalue weighted by Crippen LogP contribution is 2.53. The first-order valence-corrected chi connectivity index (χ1v) is 28.9. The fourth-order valence-electron chi connectivity index (χ4n) is 11.3. The van der Waals surface area contributed by atoms with Crippen molar-refractivity contribution in [1.29, 1.82) is 0 Å². The Kier molecular flexibility index (Phi) is 13.1. The molecule has 0 unspecified atom stereocenters. The summed E-state index contributed by atoms with van der Waals surface area (Å²) in [5, 5.41) is 14.2. The fourth-order valence-corrected chi connectivity index (χ4v) is 15.7. The average Bonchev–Trinajstić information content (AvgIpc) is 4.13. The first-order valence-electron chi connectivity index (χ1n) is 24.6. The van der Waals surface area contributed by atoms with Gasteiger partial charge in [0.1, 0.15) is 5.75 Å². The monoisotopic (exact) mass is 1230 g/mol. The van der Waals surface area contributed by atoms with Crippen molar-refractivity contribution in [2.75, 3.05) is 0 Å². The zero-order valence-electron chi connectivity index (χ0n) is 41.0. The molecule has 0 amide bonds. The minimum Gasteiger partial charge on any atom is -0.536 e. The normalized spacial score (nSPS) is 13.4. The van der Waals surface area contributed by atoms with Crippen molar-refractivity contribution in [3.05, 3.63) is 241 Å². The van der Waals surface area contributed by atoms with Gasteiger partial charge in [0, 0.05) is 59.0 Å². The maximum Gasteiger partial charge on any atom is 0.569 e. The SMILES string of the molecule is Brc1cccc(I)c1.CC1(C)c2ccccc2-c2ccc(-c3cccc4c3sc3c(-c5cccc(Br)c5)cccc34)cc21.CC1(C)c2ccccc2-c2ccc(-c3cccc4c3sc3c(O[B]O)cccc34)cc21. The number of halogens is 3. The smallest absolute Gasteiger partial charge is 0.536 e. The molecule has 0 spiro atoms. The lowest BCUT2D eigenvalue weighted by atomic mass is 9.81. The third kappa shape index (κ3) is 8.56. The lowest BCUT2D eigenvalue weighted by molar-refractivity contribution is 0.457. The molecule has 14 rings (SSSR count). The van der Waals surface area contributed by atoms with E-state index in [2.05, 4.69) is 264 Å². The molecule has 0 atom stereocenters. The molecule has 1 N–H and O–H groups in total. The van der Waals surface area contributed by atoms with E-state index in [9.17, 15) is 0 Å². The quantitative estimate of drug-likeness (QED) is 0.137. The third-order valence-electron chi connectivity index (χ3n) is 14.9. The number of rotatable bonds is 5. The number of fused-ring (bicyclic) bond motifs is 12. The van der Waals surface area contributed by atoms with Crippen LogP contribution in [0.2, 0.25) is 0 Å². The molecule has 0 saturated heterocycles. The molecule has 1 radical (unpaired) electrons. The molecule has 0 bridgehead atoms. The summed E-state index contributed by atoms with van der Waals surface area (Å²) in [5.74, 6) is 0.678. The molecule has 0 fully saturated rings. The van der Waals surface area contributed by atoms with E-state index in [-0.39, 0.29) is 10.8 Å². The topological polar surface area (TPSA) is 29.5 Å². The fraction of sp³-hybridized carbons (Fsp3) is 0.0909. The molecule has 12 aromatic rings. The number of hydrogen-bond acceptors (Lipinski definition) is 4. The molecule has 0 aliphatic heterocycles. The summed E-state index contributed by atoms with van der Waals surface area (Å²) in [6, 6.07) is 74.3. The van der Waals surface area contributed by atoms with Crippen LogP contribution in [0.15, 0.2) is 215 Å². The van der Waals surface area contributed by atoms with E-state index in [0.29, 0.717) is 5.75 Å². The van der Waals surface area contributed by atoms with Crippen LogP contribution in [0.1, 0.15) is 49.9 Å². The van der Waals surface area contributed by atoms with Gasteiger partial charge in [0.05, 0.1) is 4.70 Å². The van der Waals surface area contributed by atoms with Crippen molar-refractivity contribution >= 4 is 125 Å². The Morgan fingerprint density at radius 2 is 0.784 bits per heavy atom. The van der Waals surface area contributed by atoms with Crippen molar-refractivity contribution in [3.8, 4) is 61.4 Å². The summed E-state index contributed by atoms with van der Waals surface area (Å²) in [6.07, 6.45) is 0. The molecular weight excluding hydrogens is 1190 g/mol. The summed E-state index contributed by atoms with van der Waals surface area (Å²) >= 11 is 12.9. The van der Waals surface area contributed by atoms with E-state index in [0.717, 1.165) is 26.7 Å². The molecule has 2 aliphatic rings. The van der Waals surface area contributed by atoms with Gasteiger partial charge in [-0.15, -0.1) is 22.7 Å². The predicted molar refractivity (Wildman–Crippen MR) is 333 cm³/mol. The van der Waals surface area contributed by atoms with E-state index in [4.69, 9.17) is 9.68 Å². The van der Waals surface area contributed by atoms with Crippen LogP contribution in [-0.4, -0.2) is 12.7 Å². The van der Waals surface area contributed by atoms with Gasteiger partial charge in [0.25, 0.3) is 0 Å². The highest BCUT2D eigenvalue weighted by molar-refractivity contribution is 14.1. The summed E-state index contributed by atoms with van der Waals surface area (Å²) < 4.78 is 13.9. The van der Waals surface area contributed by atoms with Crippen LogP contribution in [0.3, 0.4) is 0 Å². The van der Waals surface area contributed by atoms with Gasteiger partial charge >= 0.3 is 7.69 Å². The van der Waals surface area contributed by atoms with Crippen LogP contribution in [0.4, 0.5) is 0 Å². The van der Waals surface area contributed by atoms with E-state index < -0.39 is 0 Å². The molecule has 74 heavy (non-hydrogen) atoms. The molecular formula is C66H47BBr2IO2S2. The largest absolute Gasteiger partial charge is 0.569 e. The molecule has 0 saturated carbocycles. The van der Waals surface area contributed by atoms with Gasteiger partial charge in [-0.2, -0.15) is 0 Å². The third-order valence-corrected chi connectivity index (χ3v) is 19.1. The highest BCUT2D eigenvalue weighted by Gasteiger charge is 2.36. The molecule has 2 aromatic heterocycles. The first-order chi connectivity index (χ1) is 35.9. The Labute approximate surface area is 471 Å². The van der Waals surface area contributed by atoms with Gasteiger partial charge in [0.2, 0.25) is 0 Å². The van der Waals surface area contributed by atoms with Crippen molar-refractivity contribution in [2.24, 2.45) is 0 Å². The summed E-state index contributed by atoms with van der Waals surface area (Å²) in [4.78, 5) is 0. The van der Waals surface area contributed by atoms with Crippen LogP contribution in [0.25, 0.3) is 96.0 Å². The minimum atomic E-state index is -0.0199. The Morgan fingerprint density at radius 3 is 1.24 bits per heavy atom. The molecule has 2 heterocycles. The van der Waals surface area contributed by atoms with Gasteiger partial charge in [-0.25, -0.2) is 0 Å². The Bertz CT molecular complexity index is 4160. The molecule has 10 aromatic carbocycles. The first kappa shape index (κ1) is 49.1. The van der Waals surface area contributed by atoms with E-state index in [1.165, 1.54) is 112 Å². The maximum absolute atomic E-state index is 9.16. The summed E-state index contributed by atoms with van der Waals surface area (Å²) in [6.45, 7) is 9.34. The van der Waals surface area contributed by atoms with Gasteiger partial charge in [-0.1, -0.05) is 217 Å². The molecule has 2 nitrogen and oxygen atoms in total. The molecule has 8 heteroatoms. The number of benzene rings is 10. The van der Waals surface area contributed by atoms with Crippen molar-refractivity contribution in [1.82, 2.24) is 0 Å². The lowest BCUT2D eigenvalue weighted by Gasteiger charge is -2.22. The second-order valence-electron chi connectivity index (χ2n) is 19.9. The summed E-state index contributed by atoms with van der Waals surface area (Å²) in [7, 11) is 0.750. The van der Waals surface area contributed by atoms with Crippen LogP contribution < -0.4 is 4.65 Å². The van der Waals surface area contributed by atoms with Crippen LogP contribution in [0, 0.1) is 3.57 Å². The van der Waals surface area contributed by atoms with Gasteiger partial charge < -0.3 is 9.68 Å². The van der Waals surface area contributed by atoms with Crippen LogP contribution in [0.5, 0.6) is 5.75 Å². The molecule has 359 valence electrons. The van der Waals surface area contributed by atoms with Gasteiger partial charge in [0.15, 0.2) is 0 Å². The second kappa shape index (κ2) is 19.7. The highest BCUT2D eigenvalue weighted by atomic mass is 127. The zero-order chi connectivity index (χ0) is 50.9. The number of hydrogen-bond donors (Lipinski definition) is 1. The van der Waals surface area contributed by atoms with Crippen molar-refractivity contribution in [2.45, 2.75) is 38.5 Å². The van der Waals surface area contributed by atoms with E-state index in [1.807, 2.05) is 35.6 Å². The Morgan fingerprint density at radius 1 is 0.392 bits per heavy atom. The zero-order valence-corrected chi connectivity index (χ0v) is 48.0. The lowest BCUT2D eigenvalue weighted by Crippen LogP contribution is -2.14. The molecule has 2 aliphatic carbocycles.